The molecule has 0 aromatic heterocycles. The molecule has 0 bridgehead atoms. The summed E-state index contributed by atoms with van der Waals surface area (Å²) in [5, 5.41) is 2.91. The van der Waals surface area contributed by atoms with Crippen LogP contribution >= 0.6 is 11.8 Å². The topological polar surface area (TPSA) is 55.4 Å². The van der Waals surface area contributed by atoms with Crippen LogP contribution in [-0.4, -0.2) is 37.2 Å². The average molecular weight is 386 g/mol. The molecule has 5 heteroatoms. The lowest BCUT2D eigenvalue weighted by Gasteiger charge is -2.07. The van der Waals surface area contributed by atoms with Gasteiger partial charge in [-0.25, -0.2) is 0 Å². The molecule has 2 aromatic carbocycles. The molecule has 0 aliphatic rings. The van der Waals surface area contributed by atoms with Gasteiger partial charge in [0.15, 0.2) is 5.78 Å². The van der Waals surface area contributed by atoms with E-state index in [2.05, 4.69) is 12.2 Å². The molecular weight excluding hydrogens is 358 g/mol. The number of Topliss-reactive ketones (excluding diaryl/α,β-unsaturated/α-hetero) is 1. The Bertz CT molecular complexity index is 719. The van der Waals surface area contributed by atoms with Crippen LogP contribution in [-0.2, 0) is 4.74 Å². The summed E-state index contributed by atoms with van der Waals surface area (Å²) in [5.74, 6) is 0.336. The predicted molar refractivity (Wildman–Crippen MR) is 111 cm³/mol. The number of ether oxygens (including phenoxy) is 1. The Balaban J connectivity index is 1.75. The summed E-state index contributed by atoms with van der Waals surface area (Å²) in [6.07, 6.45) is 3.00. The van der Waals surface area contributed by atoms with Gasteiger partial charge in [0.2, 0.25) is 0 Å². The fraction of sp³-hybridized carbons (Fsp3) is 0.364. The number of amides is 1. The van der Waals surface area contributed by atoms with Crippen molar-refractivity contribution in [3.8, 4) is 0 Å². The smallest absolute Gasteiger partial charge is 0.251 e. The van der Waals surface area contributed by atoms with Crippen LogP contribution in [0.25, 0.3) is 0 Å². The molecule has 0 aliphatic heterocycles. The molecule has 0 saturated heterocycles. The zero-order valence-electron chi connectivity index (χ0n) is 15.8. The van der Waals surface area contributed by atoms with Crippen LogP contribution in [0.15, 0.2) is 59.5 Å². The van der Waals surface area contributed by atoms with Crippen molar-refractivity contribution in [2.45, 2.75) is 31.1 Å². The number of carbonyl (C=O) groups excluding carboxylic acids is 2. The summed E-state index contributed by atoms with van der Waals surface area (Å²) in [6.45, 7) is 4.17. The first-order valence-corrected chi connectivity index (χ1v) is 10.4. The minimum absolute atomic E-state index is 0.0820. The maximum Gasteiger partial charge on any atom is 0.251 e. The van der Waals surface area contributed by atoms with Crippen LogP contribution < -0.4 is 5.32 Å². The number of benzene rings is 2. The van der Waals surface area contributed by atoms with E-state index in [1.165, 1.54) is 11.8 Å². The molecule has 2 rings (SSSR count). The molecule has 2 aromatic rings. The highest BCUT2D eigenvalue weighted by molar-refractivity contribution is 8.00. The fourth-order valence-corrected chi connectivity index (χ4v) is 3.26. The summed E-state index contributed by atoms with van der Waals surface area (Å²) in [4.78, 5) is 25.4. The number of thioether (sulfide) groups is 1. The summed E-state index contributed by atoms with van der Waals surface area (Å²) >= 11 is 1.44. The Labute approximate surface area is 165 Å². The van der Waals surface area contributed by atoms with Gasteiger partial charge in [-0.05, 0) is 31.0 Å². The Morgan fingerprint density at radius 3 is 2.48 bits per heavy atom. The van der Waals surface area contributed by atoms with Crippen LogP contribution in [0, 0.1) is 0 Å². The molecule has 27 heavy (non-hydrogen) atoms. The normalized spacial score (nSPS) is 10.6. The maximum absolute atomic E-state index is 12.3. The van der Waals surface area contributed by atoms with E-state index in [0.29, 0.717) is 30.0 Å². The van der Waals surface area contributed by atoms with Crippen LogP contribution in [0.2, 0.25) is 0 Å². The third-order valence-corrected chi connectivity index (χ3v) is 4.95. The van der Waals surface area contributed by atoms with Crippen molar-refractivity contribution < 1.29 is 14.3 Å². The van der Waals surface area contributed by atoms with Gasteiger partial charge in [-0.2, -0.15) is 0 Å². The van der Waals surface area contributed by atoms with Gasteiger partial charge in [-0.3, -0.25) is 9.59 Å². The molecular formula is C22H27NO3S. The number of unbranched alkanes of at least 4 members (excludes halogenated alkanes) is 1. The zero-order chi connectivity index (χ0) is 19.3. The zero-order valence-corrected chi connectivity index (χ0v) is 16.6. The van der Waals surface area contributed by atoms with Crippen molar-refractivity contribution in [3.05, 3.63) is 65.7 Å². The predicted octanol–water partition coefficient (Wildman–Crippen LogP) is 4.60. The second kappa shape index (κ2) is 12.3. The maximum atomic E-state index is 12.3. The molecule has 1 N–H and O–H groups in total. The third kappa shape index (κ3) is 7.97. The highest BCUT2D eigenvalue weighted by Gasteiger charge is 2.09. The second-order valence-corrected chi connectivity index (χ2v) is 7.23. The Morgan fingerprint density at radius 2 is 1.70 bits per heavy atom. The van der Waals surface area contributed by atoms with E-state index >= 15 is 0 Å². The van der Waals surface area contributed by atoms with E-state index in [4.69, 9.17) is 4.74 Å². The average Bonchev–Trinajstić information content (AvgIpc) is 2.72. The molecule has 0 heterocycles. The quantitative estimate of drug-likeness (QED) is 0.330. The standard InChI is InChI=1S/C22H27NO3S/c1-2-3-14-26-15-8-13-23-22(25)19-11-7-12-20(16-19)27-17-21(24)18-9-5-4-6-10-18/h4-7,9-12,16H,2-3,8,13-15,17H2,1H3,(H,23,25). The monoisotopic (exact) mass is 385 g/mol. The first-order chi connectivity index (χ1) is 13.2. The van der Waals surface area contributed by atoms with E-state index in [-0.39, 0.29) is 11.7 Å². The highest BCUT2D eigenvalue weighted by atomic mass is 32.2. The summed E-state index contributed by atoms with van der Waals surface area (Å²) in [6, 6.07) is 16.6. The van der Waals surface area contributed by atoms with Gasteiger partial charge in [-0.15, -0.1) is 11.8 Å². The number of carbonyl (C=O) groups is 2. The van der Waals surface area contributed by atoms with Crippen LogP contribution in [0.4, 0.5) is 0 Å². The molecule has 0 fully saturated rings. The number of nitrogens with one attached hydrogen (secondary N) is 1. The lowest BCUT2D eigenvalue weighted by molar-refractivity contribution is 0.0939. The van der Waals surface area contributed by atoms with E-state index in [0.717, 1.165) is 30.8 Å². The highest BCUT2D eigenvalue weighted by Crippen LogP contribution is 2.20. The summed E-state index contributed by atoms with van der Waals surface area (Å²) < 4.78 is 5.48. The van der Waals surface area contributed by atoms with Crippen molar-refractivity contribution in [2.75, 3.05) is 25.5 Å². The Hall–Kier alpha value is -2.11. The molecule has 1 amide bonds. The molecule has 0 aliphatic carbocycles. The van der Waals surface area contributed by atoms with Crippen molar-refractivity contribution >= 4 is 23.5 Å². The van der Waals surface area contributed by atoms with Gasteiger partial charge in [0.25, 0.3) is 5.91 Å². The molecule has 0 radical (unpaired) electrons. The fourth-order valence-electron chi connectivity index (χ4n) is 2.41. The second-order valence-electron chi connectivity index (χ2n) is 6.18. The minimum atomic E-state index is -0.0969. The minimum Gasteiger partial charge on any atom is -0.381 e. The first-order valence-electron chi connectivity index (χ1n) is 9.37. The van der Waals surface area contributed by atoms with Crippen molar-refractivity contribution in [3.63, 3.8) is 0 Å². The van der Waals surface area contributed by atoms with Gasteiger partial charge in [0, 0.05) is 35.8 Å². The van der Waals surface area contributed by atoms with Crippen molar-refractivity contribution in [1.82, 2.24) is 5.32 Å². The number of hydrogen-bond donors (Lipinski definition) is 1. The first kappa shape index (κ1) is 21.2. The van der Waals surface area contributed by atoms with E-state index in [9.17, 15) is 9.59 Å². The van der Waals surface area contributed by atoms with E-state index < -0.39 is 0 Å². The van der Waals surface area contributed by atoms with Gasteiger partial charge in [-0.1, -0.05) is 49.7 Å². The van der Waals surface area contributed by atoms with Crippen LogP contribution in [0.1, 0.15) is 46.9 Å². The molecule has 0 unspecified atom stereocenters. The molecule has 0 atom stereocenters. The summed E-state index contributed by atoms with van der Waals surface area (Å²) in [7, 11) is 0. The SMILES string of the molecule is CCCCOCCCNC(=O)c1cccc(SCC(=O)c2ccccc2)c1. The van der Waals surface area contributed by atoms with E-state index in [1.807, 2.05) is 48.5 Å². The molecule has 144 valence electrons. The molecule has 0 spiro atoms. The number of ketones is 1. The number of rotatable bonds is 12. The van der Waals surface area contributed by atoms with E-state index in [1.54, 1.807) is 6.07 Å². The Morgan fingerprint density at radius 1 is 0.963 bits per heavy atom. The number of hydrogen-bond acceptors (Lipinski definition) is 4. The Kier molecular flexibility index (Phi) is 9.66. The lowest BCUT2D eigenvalue weighted by Crippen LogP contribution is -2.25. The van der Waals surface area contributed by atoms with Gasteiger partial charge >= 0.3 is 0 Å². The van der Waals surface area contributed by atoms with Crippen molar-refractivity contribution in [1.29, 1.82) is 0 Å². The molecule has 4 nitrogen and oxygen atoms in total. The van der Waals surface area contributed by atoms with Crippen LogP contribution in [0.5, 0.6) is 0 Å². The van der Waals surface area contributed by atoms with Crippen LogP contribution in [0.3, 0.4) is 0 Å². The summed E-state index contributed by atoms with van der Waals surface area (Å²) in [5.41, 5.74) is 1.32. The van der Waals surface area contributed by atoms with Gasteiger partial charge in [0.05, 0.1) is 5.75 Å². The molecule has 0 saturated carbocycles. The van der Waals surface area contributed by atoms with Gasteiger partial charge < -0.3 is 10.1 Å². The van der Waals surface area contributed by atoms with Crippen molar-refractivity contribution in [2.24, 2.45) is 0 Å². The third-order valence-electron chi connectivity index (χ3n) is 3.96. The largest absolute Gasteiger partial charge is 0.381 e. The van der Waals surface area contributed by atoms with Gasteiger partial charge in [0.1, 0.15) is 0 Å². The lowest BCUT2D eigenvalue weighted by atomic mass is 10.2.